The van der Waals surface area contributed by atoms with Gasteiger partial charge < -0.3 is 21.1 Å². The molecule has 0 saturated heterocycles. The third kappa shape index (κ3) is 9.05. The molecule has 0 bridgehead atoms. The second-order valence-electron chi connectivity index (χ2n) is 2.71. The van der Waals surface area contributed by atoms with Crippen molar-refractivity contribution in [2.75, 3.05) is 19.7 Å². The van der Waals surface area contributed by atoms with Crippen molar-refractivity contribution in [2.45, 2.75) is 19.8 Å². The number of hydrogen-bond donors (Lipinski definition) is 3. The van der Waals surface area contributed by atoms with E-state index in [2.05, 4.69) is 29.8 Å². The van der Waals surface area contributed by atoms with Crippen LogP contribution in [0, 0.1) is 0 Å². The zero-order valence-electron chi connectivity index (χ0n) is 8.34. The van der Waals surface area contributed by atoms with Gasteiger partial charge in [-0.15, -0.1) is 0 Å². The number of carbonyl (C=O) groups is 1. The van der Waals surface area contributed by atoms with E-state index in [-0.39, 0.29) is 11.7 Å². The van der Waals surface area contributed by atoms with Crippen LogP contribution in [0.5, 0.6) is 0 Å². The number of amides is 1. The average Bonchev–Trinajstić information content (AvgIpc) is 2.13. The van der Waals surface area contributed by atoms with Gasteiger partial charge in [0, 0.05) is 6.54 Å². The molecule has 0 aliphatic rings. The molecular formula is C8H17N3O2S. The highest BCUT2D eigenvalue weighted by Gasteiger charge is 1.99. The van der Waals surface area contributed by atoms with Crippen LogP contribution >= 0.6 is 12.2 Å². The summed E-state index contributed by atoms with van der Waals surface area (Å²) in [5, 5.41) is 5.50. The SMILES string of the molecule is CCCCNC(=O)OCCNC(N)=S. The summed E-state index contributed by atoms with van der Waals surface area (Å²) in [6, 6.07) is 0. The van der Waals surface area contributed by atoms with Crippen LogP contribution in [0.25, 0.3) is 0 Å². The van der Waals surface area contributed by atoms with Gasteiger partial charge in [-0.25, -0.2) is 4.79 Å². The number of ether oxygens (including phenoxy) is 1. The maximum absolute atomic E-state index is 10.9. The maximum atomic E-state index is 10.9. The molecule has 0 heterocycles. The van der Waals surface area contributed by atoms with Gasteiger partial charge in [0.1, 0.15) is 6.61 Å². The zero-order chi connectivity index (χ0) is 10.8. The summed E-state index contributed by atoms with van der Waals surface area (Å²) in [7, 11) is 0. The predicted octanol–water partition coefficient (Wildman–Crippen LogP) is 0.346. The van der Waals surface area contributed by atoms with E-state index in [0.29, 0.717) is 13.1 Å². The minimum atomic E-state index is -0.400. The smallest absolute Gasteiger partial charge is 0.407 e. The Morgan fingerprint density at radius 2 is 2.14 bits per heavy atom. The van der Waals surface area contributed by atoms with Crippen LogP contribution in [0.2, 0.25) is 0 Å². The van der Waals surface area contributed by atoms with Crippen LogP contribution < -0.4 is 16.4 Å². The van der Waals surface area contributed by atoms with Gasteiger partial charge in [-0.2, -0.15) is 0 Å². The number of carbonyl (C=O) groups excluding carboxylic acids is 1. The quantitative estimate of drug-likeness (QED) is 0.444. The Labute approximate surface area is 89.4 Å². The first-order valence-corrected chi connectivity index (χ1v) is 5.01. The first-order chi connectivity index (χ1) is 6.66. The van der Waals surface area contributed by atoms with Crippen LogP contribution in [0.4, 0.5) is 4.79 Å². The maximum Gasteiger partial charge on any atom is 0.407 e. The summed E-state index contributed by atoms with van der Waals surface area (Å²) in [5.74, 6) is 0. The molecule has 0 rings (SSSR count). The highest BCUT2D eigenvalue weighted by atomic mass is 32.1. The molecule has 0 fully saturated rings. The molecule has 0 aromatic heterocycles. The highest BCUT2D eigenvalue weighted by Crippen LogP contribution is 1.83. The number of unbranched alkanes of at least 4 members (excludes halogenated alkanes) is 1. The molecule has 0 atom stereocenters. The lowest BCUT2D eigenvalue weighted by molar-refractivity contribution is 0.148. The Morgan fingerprint density at radius 3 is 2.71 bits per heavy atom. The monoisotopic (exact) mass is 219 g/mol. The molecule has 0 aromatic rings. The lowest BCUT2D eigenvalue weighted by Gasteiger charge is -2.06. The minimum absolute atomic E-state index is 0.208. The van der Waals surface area contributed by atoms with E-state index in [9.17, 15) is 4.79 Å². The molecule has 0 radical (unpaired) electrons. The molecule has 0 unspecified atom stereocenters. The van der Waals surface area contributed by atoms with E-state index in [1.807, 2.05) is 0 Å². The van der Waals surface area contributed by atoms with Gasteiger partial charge in [-0.3, -0.25) is 0 Å². The van der Waals surface area contributed by atoms with E-state index in [1.165, 1.54) is 0 Å². The molecule has 4 N–H and O–H groups in total. The summed E-state index contributed by atoms with van der Waals surface area (Å²) in [4.78, 5) is 10.9. The fraction of sp³-hybridized carbons (Fsp3) is 0.750. The summed E-state index contributed by atoms with van der Waals surface area (Å²) in [6.07, 6.45) is 1.60. The molecule has 0 spiro atoms. The van der Waals surface area contributed by atoms with Crippen molar-refractivity contribution in [3.05, 3.63) is 0 Å². The molecule has 1 amide bonds. The fourth-order valence-electron chi connectivity index (χ4n) is 0.736. The van der Waals surface area contributed by atoms with Gasteiger partial charge in [-0.1, -0.05) is 13.3 Å². The summed E-state index contributed by atoms with van der Waals surface area (Å²) in [6.45, 7) is 3.41. The second kappa shape index (κ2) is 8.55. The molecule has 5 nitrogen and oxygen atoms in total. The Hall–Kier alpha value is -1.04. The van der Waals surface area contributed by atoms with E-state index >= 15 is 0 Å². The molecular weight excluding hydrogens is 202 g/mol. The molecule has 0 saturated carbocycles. The lowest BCUT2D eigenvalue weighted by Crippen LogP contribution is -2.34. The van der Waals surface area contributed by atoms with E-state index in [0.717, 1.165) is 12.8 Å². The molecule has 0 aromatic carbocycles. The van der Waals surface area contributed by atoms with Crippen molar-refractivity contribution in [2.24, 2.45) is 5.73 Å². The molecule has 14 heavy (non-hydrogen) atoms. The highest BCUT2D eigenvalue weighted by molar-refractivity contribution is 7.80. The number of nitrogens with one attached hydrogen (secondary N) is 2. The summed E-state index contributed by atoms with van der Waals surface area (Å²) < 4.78 is 4.81. The van der Waals surface area contributed by atoms with Gasteiger partial charge in [-0.05, 0) is 18.6 Å². The van der Waals surface area contributed by atoms with Crippen LogP contribution in [0.3, 0.4) is 0 Å². The first kappa shape index (κ1) is 13.0. The Bertz CT molecular complexity index is 187. The van der Waals surface area contributed by atoms with Crippen molar-refractivity contribution in [1.29, 1.82) is 0 Å². The number of nitrogens with two attached hydrogens (primary N) is 1. The van der Waals surface area contributed by atoms with Crippen LogP contribution in [0.1, 0.15) is 19.8 Å². The van der Waals surface area contributed by atoms with Crippen molar-refractivity contribution in [3.63, 3.8) is 0 Å². The minimum Gasteiger partial charge on any atom is -0.448 e. The van der Waals surface area contributed by atoms with Gasteiger partial charge in [0.15, 0.2) is 5.11 Å². The number of thiocarbonyl (C=S) groups is 1. The predicted molar refractivity (Wildman–Crippen MR) is 59.0 cm³/mol. The summed E-state index contributed by atoms with van der Waals surface area (Å²) >= 11 is 4.57. The number of rotatable bonds is 6. The third-order valence-electron chi connectivity index (χ3n) is 1.43. The van der Waals surface area contributed by atoms with Gasteiger partial charge in [0.25, 0.3) is 0 Å². The number of alkyl carbamates (subject to hydrolysis) is 1. The lowest BCUT2D eigenvalue weighted by atomic mass is 10.3. The molecule has 0 aliphatic heterocycles. The standard InChI is InChI=1S/C8H17N3O2S/c1-2-3-4-11-8(12)13-6-5-10-7(9)14/h2-6H2,1H3,(H,11,12)(H3,9,10,14). The Morgan fingerprint density at radius 1 is 1.43 bits per heavy atom. The van der Waals surface area contributed by atoms with Crippen LogP contribution in [0.15, 0.2) is 0 Å². The summed E-state index contributed by atoms with van der Waals surface area (Å²) in [5.41, 5.74) is 5.17. The topological polar surface area (TPSA) is 76.4 Å². The largest absolute Gasteiger partial charge is 0.448 e. The Balaban J connectivity index is 3.22. The normalized spacial score (nSPS) is 9.21. The number of hydrogen-bond acceptors (Lipinski definition) is 3. The van der Waals surface area contributed by atoms with Crippen molar-refractivity contribution in [1.82, 2.24) is 10.6 Å². The van der Waals surface area contributed by atoms with Crippen molar-refractivity contribution in [3.8, 4) is 0 Å². The second-order valence-corrected chi connectivity index (χ2v) is 3.15. The van der Waals surface area contributed by atoms with E-state index in [4.69, 9.17) is 10.5 Å². The van der Waals surface area contributed by atoms with E-state index in [1.54, 1.807) is 0 Å². The van der Waals surface area contributed by atoms with Crippen molar-refractivity contribution >= 4 is 23.4 Å². The fourth-order valence-corrected chi connectivity index (χ4v) is 0.838. The zero-order valence-corrected chi connectivity index (χ0v) is 9.15. The molecule has 82 valence electrons. The van der Waals surface area contributed by atoms with Gasteiger partial charge in [0.05, 0.1) is 6.54 Å². The van der Waals surface area contributed by atoms with E-state index < -0.39 is 6.09 Å². The van der Waals surface area contributed by atoms with Gasteiger partial charge >= 0.3 is 6.09 Å². The first-order valence-electron chi connectivity index (χ1n) is 4.60. The average molecular weight is 219 g/mol. The third-order valence-corrected chi connectivity index (χ3v) is 1.58. The Kier molecular flexibility index (Phi) is 7.92. The van der Waals surface area contributed by atoms with Crippen molar-refractivity contribution < 1.29 is 9.53 Å². The molecule has 6 heteroatoms. The van der Waals surface area contributed by atoms with Crippen LogP contribution in [-0.2, 0) is 4.74 Å². The van der Waals surface area contributed by atoms with Crippen LogP contribution in [-0.4, -0.2) is 30.9 Å². The molecule has 0 aliphatic carbocycles. The van der Waals surface area contributed by atoms with Gasteiger partial charge in [0.2, 0.25) is 0 Å².